The Kier molecular flexibility index (Phi) is 5.15. The summed E-state index contributed by atoms with van der Waals surface area (Å²) in [5.41, 5.74) is 5.92. The molecule has 0 aromatic rings. The van der Waals surface area contributed by atoms with Gasteiger partial charge in [0.2, 0.25) is 0 Å². The van der Waals surface area contributed by atoms with Crippen molar-refractivity contribution in [1.29, 1.82) is 0 Å². The minimum atomic E-state index is 0.741. The lowest BCUT2D eigenvalue weighted by molar-refractivity contribution is 0.270. The van der Waals surface area contributed by atoms with Crippen LogP contribution in [0.1, 0.15) is 19.8 Å². The SMILES string of the molecule is CSCCN=C(N)N1CCC[C@@H](C)C1. The van der Waals surface area contributed by atoms with Gasteiger partial charge in [0.1, 0.15) is 0 Å². The predicted octanol–water partition coefficient (Wildman–Crippen LogP) is 1.40. The minimum Gasteiger partial charge on any atom is -0.370 e. The summed E-state index contributed by atoms with van der Waals surface area (Å²) < 4.78 is 0. The monoisotopic (exact) mass is 215 g/mol. The molecule has 1 aliphatic heterocycles. The highest BCUT2D eigenvalue weighted by atomic mass is 32.2. The molecule has 1 heterocycles. The van der Waals surface area contributed by atoms with E-state index in [-0.39, 0.29) is 0 Å². The number of piperidine rings is 1. The smallest absolute Gasteiger partial charge is 0.191 e. The fraction of sp³-hybridized carbons (Fsp3) is 0.900. The second-order valence-corrected chi connectivity index (χ2v) is 4.91. The normalized spacial score (nSPS) is 24.0. The first-order valence-electron chi connectivity index (χ1n) is 5.28. The van der Waals surface area contributed by atoms with E-state index in [1.54, 1.807) is 0 Å². The van der Waals surface area contributed by atoms with Crippen molar-refractivity contribution in [1.82, 2.24) is 4.90 Å². The van der Waals surface area contributed by atoms with Crippen LogP contribution in [0, 0.1) is 5.92 Å². The van der Waals surface area contributed by atoms with Crippen molar-refractivity contribution in [2.75, 3.05) is 31.6 Å². The molecule has 0 unspecified atom stereocenters. The second kappa shape index (κ2) is 6.17. The summed E-state index contributed by atoms with van der Waals surface area (Å²) >= 11 is 1.81. The number of guanidine groups is 1. The van der Waals surface area contributed by atoms with Crippen molar-refractivity contribution in [2.45, 2.75) is 19.8 Å². The van der Waals surface area contributed by atoms with Gasteiger partial charge in [0, 0.05) is 18.8 Å². The van der Waals surface area contributed by atoms with Crippen LogP contribution in [-0.4, -0.2) is 42.5 Å². The van der Waals surface area contributed by atoms with Crippen LogP contribution in [0.4, 0.5) is 0 Å². The number of hydrogen-bond acceptors (Lipinski definition) is 2. The number of hydrogen-bond donors (Lipinski definition) is 1. The molecule has 1 atom stereocenters. The van der Waals surface area contributed by atoms with Gasteiger partial charge in [-0.05, 0) is 25.0 Å². The topological polar surface area (TPSA) is 41.6 Å². The van der Waals surface area contributed by atoms with Crippen molar-refractivity contribution in [3.05, 3.63) is 0 Å². The van der Waals surface area contributed by atoms with Crippen LogP contribution in [0.25, 0.3) is 0 Å². The molecule has 0 bridgehead atoms. The average Bonchev–Trinajstić information content (AvgIpc) is 2.18. The van der Waals surface area contributed by atoms with Gasteiger partial charge in [-0.25, -0.2) is 0 Å². The molecule has 0 radical (unpaired) electrons. The maximum atomic E-state index is 5.92. The maximum Gasteiger partial charge on any atom is 0.191 e. The highest BCUT2D eigenvalue weighted by Gasteiger charge is 2.17. The Balaban J connectivity index is 2.34. The molecular formula is C10H21N3S. The Bertz CT molecular complexity index is 194. The summed E-state index contributed by atoms with van der Waals surface area (Å²) in [7, 11) is 0. The Labute approximate surface area is 91.1 Å². The molecular weight excluding hydrogens is 194 g/mol. The van der Waals surface area contributed by atoms with Crippen LogP contribution < -0.4 is 5.73 Å². The van der Waals surface area contributed by atoms with Crippen molar-refractivity contribution in [3.8, 4) is 0 Å². The lowest BCUT2D eigenvalue weighted by Gasteiger charge is -2.31. The van der Waals surface area contributed by atoms with E-state index in [0.29, 0.717) is 0 Å². The number of likely N-dealkylation sites (tertiary alicyclic amines) is 1. The number of nitrogens with two attached hydrogens (primary N) is 1. The van der Waals surface area contributed by atoms with E-state index in [1.165, 1.54) is 12.8 Å². The molecule has 82 valence electrons. The lowest BCUT2D eigenvalue weighted by atomic mass is 10.0. The summed E-state index contributed by atoms with van der Waals surface area (Å²) in [5.74, 6) is 2.56. The van der Waals surface area contributed by atoms with Gasteiger partial charge in [-0.15, -0.1) is 0 Å². The number of rotatable bonds is 3. The molecule has 0 saturated carbocycles. The molecule has 0 aromatic carbocycles. The number of aliphatic imine (C=N–C) groups is 1. The lowest BCUT2D eigenvalue weighted by Crippen LogP contribution is -2.43. The first kappa shape index (κ1) is 11.7. The van der Waals surface area contributed by atoms with Gasteiger partial charge >= 0.3 is 0 Å². The van der Waals surface area contributed by atoms with E-state index in [2.05, 4.69) is 23.1 Å². The summed E-state index contributed by atoms with van der Waals surface area (Å²) in [6.45, 7) is 5.28. The quantitative estimate of drug-likeness (QED) is 0.439. The highest BCUT2D eigenvalue weighted by Crippen LogP contribution is 2.14. The highest BCUT2D eigenvalue weighted by molar-refractivity contribution is 7.98. The van der Waals surface area contributed by atoms with Gasteiger partial charge in [-0.1, -0.05) is 6.92 Å². The van der Waals surface area contributed by atoms with Gasteiger partial charge in [0.15, 0.2) is 5.96 Å². The fourth-order valence-corrected chi connectivity index (χ4v) is 2.02. The zero-order chi connectivity index (χ0) is 10.4. The van der Waals surface area contributed by atoms with E-state index in [1.807, 2.05) is 11.8 Å². The van der Waals surface area contributed by atoms with Crippen LogP contribution in [0.2, 0.25) is 0 Å². The predicted molar refractivity (Wildman–Crippen MR) is 64.8 cm³/mol. The van der Waals surface area contributed by atoms with Crippen molar-refractivity contribution < 1.29 is 0 Å². The zero-order valence-corrected chi connectivity index (χ0v) is 10.0. The largest absolute Gasteiger partial charge is 0.370 e. The summed E-state index contributed by atoms with van der Waals surface area (Å²) in [6.07, 6.45) is 4.67. The summed E-state index contributed by atoms with van der Waals surface area (Å²) in [5, 5.41) is 0. The van der Waals surface area contributed by atoms with Crippen LogP contribution in [-0.2, 0) is 0 Å². The standard InChI is InChI=1S/C10H21N3S/c1-9-4-3-6-13(8-9)10(11)12-5-7-14-2/h9H,3-8H2,1-2H3,(H2,11,12)/t9-/m1/s1. The maximum absolute atomic E-state index is 5.92. The van der Waals surface area contributed by atoms with Crippen molar-refractivity contribution in [2.24, 2.45) is 16.6 Å². The minimum absolute atomic E-state index is 0.741. The molecule has 1 aliphatic rings. The summed E-state index contributed by atoms with van der Waals surface area (Å²) in [4.78, 5) is 6.59. The number of nitrogens with zero attached hydrogens (tertiary/aromatic N) is 2. The van der Waals surface area contributed by atoms with E-state index in [4.69, 9.17) is 5.73 Å². The zero-order valence-electron chi connectivity index (χ0n) is 9.20. The summed E-state index contributed by atoms with van der Waals surface area (Å²) in [6, 6.07) is 0. The molecule has 3 nitrogen and oxygen atoms in total. The Morgan fingerprint density at radius 3 is 3.07 bits per heavy atom. The van der Waals surface area contributed by atoms with Crippen molar-refractivity contribution in [3.63, 3.8) is 0 Å². The van der Waals surface area contributed by atoms with Gasteiger partial charge in [-0.2, -0.15) is 11.8 Å². The van der Waals surface area contributed by atoms with Gasteiger partial charge in [0.25, 0.3) is 0 Å². The van der Waals surface area contributed by atoms with Gasteiger partial charge in [-0.3, -0.25) is 4.99 Å². The third-order valence-electron chi connectivity index (χ3n) is 2.55. The molecule has 2 N–H and O–H groups in total. The molecule has 1 fully saturated rings. The first-order chi connectivity index (χ1) is 6.74. The Hall–Kier alpha value is -0.380. The molecule has 1 rings (SSSR count). The molecule has 1 saturated heterocycles. The fourth-order valence-electron chi connectivity index (χ4n) is 1.75. The Morgan fingerprint density at radius 1 is 1.64 bits per heavy atom. The molecule has 4 heteroatoms. The third kappa shape index (κ3) is 3.78. The van der Waals surface area contributed by atoms with Crippen LogP contribution in [0.3, 0.4) is 0 Å². The van der Waals surface area contributed by atoms with E-state index in [9.17, 15) is 0 Å². The van der Waals surface area contributed by atoms with Crippen LogP contribution in [0.15, 0.2) is 4.99 Å². The first-order valence-corrected chi connectivity index (χ1v) is 6.67. The van der Waals surface area contributed by atoms with Crippen molar-refractivity contribution >= 4 is 17.7 Å². The van der Waals surface area contributed by atoms with Crippen LogP contribution in [0.5, 0.6) is 0 Å². The van der Waals surface area contributed by atoms with Gasteiger partial charge < -0.3 is 10.6 Å². The van der Waals surface area contributed by atoms with Crippen LogP contribution >= 0.6 is 11.8 Å². The molecule has 0 aliphatic carbocycles. The van der Waals surface area contributed by atoms with E-state index >= 15 is 0 Å². The van der Waals surface area contributed by atoms with E-state index < -0.39 is 0 Å². The molecule has 0 amide bonds. The molecule has 14 heavy (non-hydrogen) atoms. The van der Waals surface area contributed by atoms with E-state index in [0.717, 1.165) is 37.3 Å². The molecule has 0 aromatic heterocycles. The van der Waals surface area contributed by atoms with Gasteiger partial charge in [0.05, 0.1) is 6.54 Å². The second-order valence-electron chi connectivity index (χ2n) is 3.93. The average molecular weight is 215 g/mol. The molecule has 0 spiro atoms. The third-order valence-corrected chi connectivity index (χ3v) is 3.14. The Morgan fingerprint density at radius 2 is 2.43 bits per heavy atom. The number of thioether (sulfide) groups is 1.